The standard InChI is InChI=1S/C17H18F3N3O3/c1-9-4-6-12(7-5-9)23-14(17(18,19)20)13(8-21-23)15(24)22-11(3)10(2)16(25)26/h4-8,10-11H,1-3H3,(H,22,24)(H,25,26). The molecule has 0 saturated heterocycles. The van der Waals surface area contributed by atoms with E-state index >= 15 is 0 Å². The maximum atomic E-state index is 13.6. The van der Waals surface area contributed by atoms with Crippen LogP contribution in [-0.4, -0.2) is 32.8 Å². The number of carboxylic acid groups (broad SMARTS) is 1. The third-order valence-corrected chi connectivity index (χ3v) is 4.06. The number of carbonyl (C=O) groups is 2. The zero-order valence-corrected chi connectivity index (χ0v) is 14.3. The van der Waals surface area contributed by atoms with Crippen molar-refractivity contribution < 1.29 is 27.9 Å². The minimum Gasteiger partial charge on any atom is -0.481 e. The summed E-state index contributed by atoms with van der Waals surface area (Å²) in [6, 6.07) is 5.34. The first-order chi connectivity index (χ1) is 12.0. The second kappa shape index (κ2) is 7.19. The van der Waals surface area contributed by atoms with Crippen molar-refractivity contribution in [3.63, 3.8) is 0 Å². The molecule has 1 aromatic heterocycles. The van der Waals surface area contributed by atoms with Gasteiger partial charge in [0, 0.05) is 6.04 Å². The maximum absolute atomic E-state index is 13.6. The Morgan fingerprint density at radius 2 is 1.77 bits per heavy atom. The van der Waals surface area contributed by atoms with Gasteiger partial charge in [-0.3, -0.25) is 9.59 Å². The molecule has 6 nitrogen and oxygen atoms in total. The molecule has 0 bridgehead atoms. The van der Waals surface area contributed by atoms with Crippen molar-refractivity contribution in [2.45, 2.75) is 33.0 Å². The Morgan fingerprint density at radius 3 is 2.27 bits per heavy atom. The van der Waals surface area contributed by atoms with Crippen LogP contribution in [-0.2, 0) is 11.0 Å². The smallest absolute Gasteiger partial charge is 0.434 e. The lowest BCUT2D eigenvalue weighted by molar-refractivity contribution is -0.143. The fourth-order valence-corrected chi connectivity index (χ4v) is 2.29. The maximum Gasteiger partial charge on any atom is 0.434 e. The Bertz CT molecular complexity index is 813. The predicted octanol–water partition coefficient (Wildman–Crippen LogP) is 3.04. The number of halogens is 3. The SMILES string of the molecule is Cc1ccc(-n2ncc(C(=O)NC(C)C(C)C(=O)O)c2C(F)(F)F)cc1. The van der Waals surface area contributed by atoms with E-state index in [1.807, 2.05) is 0 Å². The van der Waals surface area contributed by atoms with Gasteiger partial charge in [0.1, 0.15) is 0 Å². The lowest BCUT2D eigenvalue weighted by atomic mass is 10.0. The molecule has 0 aliphatic heterocycles. The molecule has 0 saturated carbocycles. The van der Waals surface area contributed by atoms with Crippen LogP contribution in [0, 0.1) is 12.8 Å². The van der Waals surface area contributed by atoms with Gasteiger partial charge in [0.25, 0.3) is 5.91 Å². The van der Waals surface area contributed by atoms with Gasteiger partial charge in [-0.25, -0.2) is 4.68 Å². The monoisotopic (exact) mass is 369 g/mol. The zero-order valence-electron chi connectivity index (χ0n) is 14.3. The molecular formula is C17H18F3N3O3. The van der Waals surface area contributed by atoms with Crippen LogP contribution in [0.25, 0.3) is 5.69 Å². The first kappa shape index (κ1) is 19.5. The molecule has 1 heterocycles. The highest BCUT2D eigenvalue weighted by molar-refractivity contribution is 5.96. The van der Waals surface area contributed by atoms with Gasteiger partial charge in [-0.05, 0) is 32.9 Å². The van der Waals surface area contributed by atoms with Crippen LogP contribution in [0.4, 0.5) is 13.2 Å². The molecule has 0 spiro atoms. The number of amides is 1. The summed E-state index contributed by atoms with van der Waals surface area (Å²) in [4.78, 5) is 23.2. The lowest BCUT2D eigenvalue weighted by Gasteiger charge is -2.18. The molecule has 0 aliphatic carbocycles. The van der Waals surface area contributed by atoms with Gasteiger partial charge in [-0.1, -0.05) is 17.7 Å². The van der Waals surface area contributed by atoms with E-state index < -0.39 is 41.3 Å². The first-order valence-corrected chi connectivity index (χ1v) is 7.78. The molecule has 0 aliphatic rings. The van der Waals surface area contributed by atoms with E-state index in [0.29, 0.717) is 4.68 Å². The lowest BCUT2D eigenvalue weighted by Crippen LogP contribution is -2.40. The van der Waals surface area contributed by atoms with E-state index in [0.717, 1.165) is 11.8 Å². The second-order valence-corrected chi connectivity index (χ2v) is 6.04. The number of carboxylic acids is 1. The second-order valence-electron chi connectivity index (χ2n) is 6.04. The van der Waals surface area contributed by atoms with Crippen LogP contribution in [0.2, 0.25) is 0 Å². The van der Waals surface area contributed by atoms with Gasteiger partial charge in [0.05, 0.1) is 23.4 Å². The van der Waals surface area contributed by atoms with Crippen LogP contribution >= 0.6 is 0 Å². The molecule has 2 rings (SSSR count). The molecule has 2 N–H and O–H groups in total. The van der Waals surface area contributed by atoms with Crippen LogP contribution in [0.3, 0.4) is 0 Å². The van der Waals surface area contributed by atoms with Gasteiger partial charge in [0.2, 0.25) is 0 Å². The molecular weight excluding hydrogens is 351 g/mol. The molecule has 26 heavy (non-hydrogen) atoms. The summed E-state index contributed by atoms with van der Waals surface area (Å²) in [7, 11) is 0. The number of alkyl halides is 3. The molecule has 1 aromatic carbocycles. The number of hydrogen-bond donors (Lipinski definition) is 2. The zero-order chi connectivity index (χ0) is 19.6. The van der Waals surface area contributed by atoms with Crippen molar-refractivity contribution in [1.29, 1.82) is 0 Å². The highest BCUT2D eigenvalue weighted by Crippen LogP contribution is 2.33. The molecule has 9 heteroatoms. The molecule has 2 atom stereocenters. The summed E-state index contributed by atoms with van der Waals surface area (Å²) in [5.41, 5.74) is -0.852. The van der Waals surface area contributed by atoms with Gasteiger partial charge in [-0.2, -0.15) is 18.3 Å². The van der Waals surface area contributed by atoms with Crippen molar-refractivity contribution in [2.75, 3.05) is 0 Å². The third-order valence-electron chi connectivity index (χ3n) is 4.06. The Kier molecular flexibility index (Phi) is 5.38. The normalized spacial score (nSPS) is 13.9. The number of aromatic nitrogens is 2. The highest BCUT2D eigenvalue weighted by atomic mass is 19.4. The third kappa shape index (κ3) is 4.04. The van der Waals surface area contributed by atoms with Crippen molar-refractivity contribution in [1.82, 2.24) is 15.1 Å². The quantitative estimate of drug-likeness (QED) is 0.849. The number of hydrogen-bond acceptors (Lipinski definition) is 3. The highest BCUT2D eigenvalue weighted by Gasteiger charge is 2.41. The van der Waals surface area contributed by atoms with Crippen molar-refractivity contribution in [3.05, 3.63) is 47.3 Å². The number of carbonyl (C=O) groups excluding carboxylic acids is 1. The first-order valence-electron chi connectivity index (χ1n) is 7.78. The number of benzene rings is 1. The Labute approximate surface area is 147 Å². The average Bonchev–Trinajstić information content (AvgIpc) is 3.00. The van der Waals surface area contributed by atoms with E-state index in [2.05, 4.69) is 10.4 Å². The number of rotatable bonds is 5. The molecule has 2 aromatic rings. The van der Waals surface area contributed by atoms with Crippen LogP contribution in [0.5, 0.6) is 0 Å². The van der Waals surface area contributed by atoms with Gasteiger partial charge in [-0.15, -0.1) is 0 Å². The summed E-state index contributed by atoms with van der Waals surface area (Å²) in [5, 5.41) is 14.9. The number of nitrogens with zero attached hydrogens (tertiary/aromatic N) is 2. The van der Waals surface area contributed by atoms with E-state index in [4.69, 9.17) is 5.11 Å². The number of nitrogens with one attached hydrogen (secondary N) is 1. The Morgan fingerprint density at radius 1 is 1.19 bits per heavy atom. The summed E-state index contributed by atoms with van der Waals surface area (Å²) < 4.78 is 41.3. The number of aryl methyl sites for hydroxylation is 1. The largest absolute Gasteiger partial charge is 0.481 e. The van der Waals surface area contributed by atoms with Crippen molar-refractivity contribution in [2.24, 2.45) is 5.92 Å². The van der Waals surface area contributed by atoms with Crippen LogP contribution in [0.15, 0.2) is 30.5 Å². The summed E-state index contributed by atoms with van der Waals surface area (Å²) >= 11 is 0. The average molecular weight is 369 g/mol. The predicted molar refractivity (Wildman–Crippen MR) is 87.0 cm³/mol. The molecule has 0 fully saturated rings. The minimum atomic E-state index is -4.82. The molecule has 140 valence electrons. The van der Waals surface area contributed by atoms with E-state index in [1.54, 1.807) is 19.1 Å². The van der Waals surface area contributed by atoms with E-state index in [1.165, 1.54) is 26.0 Å². The molecule has 2 unspecified atom stereocenters. The topological polar surface area (TPSA) is 84.2 Å². The van der Waals surface area contributed by atoms with Crippen molar-refractivity contribution in [3.8, 4) is 5.69 Å². The Hall–Kier alpha value is -2.84. The Balaban J connectivity index is 2.42. The summed E-state index contributed by atoms with van der Waals surface area (Å²) in [6.07, 6.45) is -3.99. The summed E-state index contributed by atoms with van der Waals surface area (Å²) in [6.45, 7) is 4.56. The molecule has 1 amide bonds. The van der Waals surface area contributed by atoms with Gasteiger partial charge >= 0.3 is 12.1 Å². The summed E-state index contributed by atoms with van der Waals surface area (Å²) in [5.74, 6) is -3.15. The molecule has 0 radical (unpaired) electrons. The van der Waals surface area contributed by atoms with Crippen molar-refractivity contribution >= 4 is 11.9 Å². The van der Waals surface area contributed by atoms with E-state index in [9.17, 15) is 22.8 Å². The fourth-order valence-electron chi connectivity index (χ4n) is 2.29. The minimum absolute atomic E-state index is 0.161. The number of aliphatic carboxylic acids is 1. The van der Waals surface area contributed by atoms with Crippen LogP contribution < -0.4 is 5.32 Å². The van der Waals surface area contributed by atoms with Crippen LogP contribution in [0.1, 0.15) is 35.5 Å². The fraction of sp³-hybridized carbons (Fsp3) is 0.353. The van der Waals surface area contributed by atoms with E-state index in [-0.39, 0.29) is 5.69 Å². The van der Waals surface area contributed by atoms with Gasteiger partial charge < -0.3 is 10.4 Å². The van der Waals surface area contributed by atoms with Gasteiger partial charge in [0.15, 0.2) is 5.69 Å².